The third-order valence-electron chi connectivity index (χ3n) is 2.18. The molecule has 12 heavy (non-hydrogen) atoms. The molecule has 0 aromatic heterocycles. The Morgan fingerprint density at radius 2 is 1.75 bits per heavy atom. The van der Waals surface area contributed by atoms with Crippen LogP contribution in [-0.2, 0) is 0 Å². The van der Waals surface area contributed by atoms with Crippen LogP contribution in [0.4, 0.5) is 0 Å². The molecule has 1 nitrogen and oxygen atoms in total. The van der Waals surface area contributed by atoms with Gasteiger partial charge in [-0.15, -0.1) is 0 Å². The van der Waals surface area contributed by atoms with E-state index in [0.717, 1.165) is 27.5 Å². The van der Waals surface area contributed by atoms with Gasteiger partial charge in [-0.3, -0.25) is 0 Å². The molecule has 2 heteroatoms. The number of aryl methyl sites for hydroxylation is 1. The maximum Gasteiger partial charge on any atom is 0.122 e. The lowest BCUT2D eigenvalue weighted by Gasteiger charge is -2.11. The Kier molecular flexibility index (Phi) is 2.63. The molecule has 0 radical (unpaired) electrons. The number of rotatable bonds is 1. The Hall–Kier alpha value is -0.690. The van der Waals surface area contributed by atoms with Crippen molar-refractivity contribution in [3.8, 4) is 5.75 Å². The fourth-order valence-corrected chi connectivity index (χ4v) is 1.42. The maximum absolute atomic E-state index is 6.06. The van der Waals surface area contributed by atoms with Gasteiger partial charge in [0.05, 0.1) is 7.11 Å². The van der Waals surface area contributed by atoms with Gasteiger partial charge in [0.2, 0.25) is 0 Å². The lowest BCUT2D eigenvalue weighted by Crippen LogP contribution is -1.92. The third-order valence-corrected chi connectivity index (χ3v) is 2.76. The van der Waals surface area contributed by atoms with Crippen LogP contribution in [0.1, 0.15) is 16.7 Å². The Bertz CT molecular complexity index is 305. The van der Waals surface area contributed by atoms with Crippen LogP contribution in [-0.4, -0.2) is 7.11 Å². The quantitative estimate of drug-likeness (QED) is 0.651. The number of halogens is 1. The predicted molar refractivity (Wildman–Crippen MR) is 52.2 cm³/mol. The summed E-state index contributed by atoms with van der Waals surface area (Å²) >= 11 is 6.06. The Labute approximate surface area is 78.3 Å². The van der Waals surface area contributed by atoms with Crippen molar-refractivity contribution in [2.24, 2.45) is 0 Å². The second kappa shape index (κ2) is 3.36. The highest BCUT2D eigenvalue weighted by Gasteiger charge is 2.07. The first-order chi connectivity index (χ1) is 5.57. The van der Waals surface area contributed by atoms with E-state index in [1.807, 2.05) is 26.8 Å². The van der Waals surface area contributed by atoms with Crippen LogP contribution < -0.4 is 4.74 Å². The van der Waals surface area contributed by atoms with E-state index in [1.54, 1.807) is 7.11 Å². The summed E-state index contributed by atoms with van der Waals surface area (Å²) < 4.78 is 5.20. The summed E-state index contributed by atoms with van der Waals surface area (Å²) in [5.74, 6) is 0.911. The molecule has 0 N–H and O–H groups in total. The van der Waals surface area contributed by atoms with Gasteiger partial charge in [-0.2, -0.15) is 0 Å². The van der Waals surface area contributed by atoms with Gasteiger partial charge in [0.15, 0.2) is 0 Å². The van der Waals surface area contributed by atoms with Gasteiger partial charge in [0, 0.05) is 5.02 Å². The molecule has 0 amide bonds. The number of benzene rings is 1. The van der Waals surface area contributed by atoms with Crippen molar-refractivity contribution >= 4 is 11.6 Å². The molecule has 0 aliphatic rings. The van der Waals surface area contributed by atoms with Crippen LogP contribution in [0.3, 0.4) is 0 Å². The van der Waals surface area contributed by atoms with Crippen LogP contribution >= 0.6 is 11.6 Å². The second-order valence-electron chi connectivity index (χ2n) is 2.96. The van der Waals surface area contributed by atoms with Crippen LogP contribution in [0.15, 0.2) is 6.07 Å². The Morgan fingerprint density at radius 3 is 2.25 bits per heavy atom. The number of hydrogen-bond acceptors (Lipinski definition) is 1. The van der Waals surface area contributed by atoms with E-state index in [1.165, 1.54) is 0 Å². The summed E-state index contributed by atoms with van der Waals surface area (Å²) in [5, 5.41) is 0.841. The summed E-state index contributed by atoms with van der Waals surface area (Å²) in [7, 11) is 1.68. The first kappa shape index (κ1) is 9.40. The topological polar surface area (TPSA) is 9.23 Å². The van der Waals surface area contributed by atoms with Crippen LogP contribution in [0.25, 0.3) is 0 Å². The van der Waals surface area contributed by atoms with Crippen molar-refractivity contribution in [3.05, 3.63) is 27.8 Å². The van der Waals surface area contributed by atoms with E-state index in [2.05, 4.69) is 0 Å². The molecule has 0 aliphatic heterocycles. The summed E-state index contributed by atoms with van der Waals surface area (Å²) in [5.41, 5.74) is 3.29. The lowest BCUT2D eigenvalue weighted by molar-refractivity contribution is 0.411. The predicted octanol–water partition coefficient (Wildman–Crippen LogP) is 3.27. The zero-order valence-corrected chi connectivity index (χ0v) is 8.62. The molecule has 0 unspecified atom stereocenters. The molecule has 0 atom stereocenters. The molecule has 0 saturated heterocycles. The molecule has 0 saturated carbocycles. The zero-order valence-electron chi connectivity index (χ0n) is 7.86. The van der Waals surface area contributed by atoms with E-state index >= 15 is 0 Å². The Morgan fingerprint density at radius 1 is 1.17 bits per heavy atom. The van der Waals surface area contributed by atoms with Crippen LogP contribution in [0, 0.1) is 20.8 Å². The average molecular weight is 185 g/mol. The minimum Gasteiger partial charge on any atom is -0.496 e. The number of ether oxygens (including phenoxy) is 1. The molecule has 0 bridgehead atoms. The van der Waals surface area contributed by atoms with E-state index in [9.17, 15) is 0 Å². The summed E-state index contributed by atoms with van der Waals surface area (Å²) in [6.45, 7) is 6.00. The molecule has 0 spiro atoms. The van der Waals surface area contributed by atoms with Crippen molar-refractivity contribution in [2.75, 3.05) is 7.11 Å². The summed E-state index contributed by atoms with van der Waals surface area (Å²) in [6.07, 6.45) is 0. The molecular weight excluding hydrogens is 172 g/mol. The SMILES string of the molecule is COc1cc(C)c(Cl)c(C)c1C. The van der Waals surface area contributed by atoms with Crippen LogP contribution in [0.2, 0.25) is 5.02 Å². The van der Waals surface area contributed by atoms with Crippen molar-refractivity contribution in [1.82, 2.24) is 0 Å². The smallest absolute Gasteiger partial charge is 0.122 e. The highest BCUT2D eigenvalue weighted by atomic mass is 35.5. The number of hydrogen-bond donors (Lipinski definition) is 0. The fraction of sp³-hybridized carbons (Fsp3) is 0.400. The maximum atomic E-state index is 6.06. The highest BCUT2D eigenvalue weighted by Crippen LogP contribution is 2.30. The van der Waals surface area contributed by atoms with E-state index < -0.39 is 0 Å². The van der Waals surface area contributed by atoms with Gasteiger partial charge in [-0.1, -0.05) is 11.6 Å². The molecule has 1 aromatic rings. The monoisotopic (exact) mass is 184 g/mol. The minimum atomic E-state index is 0.841. The van der Waals surface area contributed by atoms with Crippen molar-refractivity contribution in [3.63, 3.8) is 0 Å². The van der Waals surface area contributed by atoms with E-state index in [0.29, 0.717) is 0 Å². The average Bonchev–Trinajstić information content (AvgIpc) is 2.08. The van der Waals surface area contributed by atoms with Gasteiger partial charge in [-0.25, -0.2) is 0 Å². The highest BCUT2D eigenvalue weighted by molar-refractivity contribution is 6.32. The van der Waals surface area contributed by atoms with Gasteiger partial charge >= 0.3 is 0 Å². The van der Waals surface area contributed by atoms with Gasteiger partial charge < -0.3 is 4.74 Å². The van der Waals surface area contributed by atoms with Crippen LogP contribution in [0.5, 0.6) is 5.75 Å². The molecule has 0 aliphatic carbocycles. The van der Waals surface area contributed by atoms with E-state index in [-0.39, 0.29) is 0 Å². The standard InChI is InChI=1S/C10H13ClO/c1-6-5-9(12-4)7(2)8(3)10(6)11/h5H,1-4H3. The fourth-order valence-electron chi connectivity index (χ4n) is 1.23. The molecule has 1 aromatic carbocycles. The molecular formula is C10H13ClO. The normalized spacial score (nSPS) is 10.1. The first-order valence-electron chi connectivity index (χ1n) is 3.88. The Balaban J connectivity index is 3.39. The van der Waals surface area contributed by atoms with Crippen molar-refractivity contribution in [1.29, 1.82) is 0 Å². The largest absolute Gasteiger partial charge is 0.496 e. The molecule has 1 rings (SSSR count). The first-order valence-corrected chi connectivity index (χ1v) is 4.26. The zero-order chi connectivity index (χ0) is 9.30. The van der Waals surface area contributed by atoms with Crippen molar-refractivity contribution in [2.45, 2.75) is 20.8 Å². The molecule has 0 heterocycles. The van der Waals surface area contributed by atoms with Crippen molar-refractivity contribution < 1.29 is 4.74 Å². The molecule has 66 valence electrons. The van der Waals surface area contributed by atoms with Gasteiger partial charge in [-0.05, 0) is 43.5 Å². The van der Waals surface area contributed by atoms with E-state index in [4.69, 9.17) is 16.3 Å². The number of methoxy groups -OCH3 is 1. The second-order valence-corrected chi connectivity index (χ2v) is 3.34. The lowest BCUT2D eigenvalue weighted by atomic mass is 10.1. The summed E-state index contributed by atoms with van der Waals surface area (Å²) in [6, 6.07) is 1.96. The van der Waals surface area contributed by atoms with Gasteiger partial charge in [0.25, 0.3) is 0 Å². The minimum absolute atomic E-state index is 0.841. The third kappa shape index (κ3) is 1.42. The summed E-state index contributed by atoms with van der Waals surface area (Å²) in [4.78, 5) is 0. The van der Waals surface area contributed by atoms with Gasteiger partial charge in [0.1, 0.15) is 5.75 Å². The molecule has 0 fully saturated rings.